The average molecular weight is 557 g/mol. The van der Waals surface area contributed by atoms with E-state index in [0.29, 0.717) is 29.3 Å². The van der Waals surface area contributed by atoms with Gasteiger partial charge in [0.2, 0.25) is 5.76 Å². The van der Waals surface area contributed by atoms with Crippen LogP contribution >= 0.6 is 11.6 Å². The van der Waals surface area contributed by atoms with Crippen LogP contribution in [0.2, 0.25) is 5.02 Å². The van der Waals surface area contributed by atoms with E-state index in [9.17, 15) is 14.4 Å². The maximum Gasteiger partial charge on any atom is 0.291 e. The second-order valence-electron chi connectivity index (χ2n) is 10.6. The molecule has 2 aliphatic rings. The molecule has 0 bridgehead atoms. The number of aryl methyl sites for hydroxylation is 1. The summed E-state index contributed by atoms with van der Waals surface area (Å²) >= 11 is 6.25. The number of hydrogen-bond donors (Lipinski definition) is 0. The Morgan fingerprint density at radius 3 is 2.58 bits per heavy atom. The van der Waals surface area contributed by atoms with Gasteiger partial charge in [-0.1, -0.05) is 59.6 Å². The van der Waals surface area contributed by atoms with E-state index < -0.39 is 16.9 Å². The zero-order valence-corrected chi connectivity index (χ0v) is 23.3. The average Bonchev–Trinajstić information content (AvgIpc) is 3.31. The molecule has 1 aromatic heterocycles. The number of carbonyl (C=O) groups excluding carboxylic acids is 2. The monoisotopic (exact) mass is 556 g/mol. The first-order valence-corrected chi connectivity index (χ1v) is 13.8. The van der Waals surface area contributed by atoms with Gasteiger partial charge in [0.05, 0.1) is 29.3 Å². The fourth-order valence-electron chi connectivity index (χ4n) is 5.95. The lowest BCUT2D eigenvalue weighted by Crippen LogP contribution is -2.53. The third kappa shape index (κ3) is 3.95. The summed E-state index contributed by atoms with van der Waals surface area (Å²) in [6.45, 7) is 6.77. The van der Waals surface area contributed by atoms with Crippen molar-refractivity contribution in [3.8, 4) is 0 Å². The first-order valence-electron chi connectivity index (χ1n) is 13.4. The van der Waals surface area contributed by atoms with E-state index in [2.05, 4.69) is 0 Å². The van der Waals surface area contributed by atoms with Crippen LogP contribution in [0.1, 0.15) is 53.1 Å². The zero-order valence-electron chi connectivity index (χ0n) is 22.6. The Balaban J connectivity index is 1.58. The molecule has 1 unspecified atom stereocenters. The van der Waals surface area contributed by atoms with Crippen LogP contribution in [0.25, 0.3) is 11.0 Å². The summed E-state index contributed by atoms with van der Waals surface area (Å²) in [4.78, 5) is 46.2. The fourth-order valence-corrected chi connectivity index (χ4v) is 6.13. The number of para-hydroxylation sites is 1. The van der Waals surface area contributed by atoms with Gasteiger partial charge in [-0.2, -0.15) is 0 Å². The number of nitrogens with zero attached hydrogens (tertiary/aromatic N) is 2. The molecule has 0 saturated carbocycles. The van der Waals surface area contributed by atoms with Crippen molar-refractivity contribution < 1.29 is 18.7 Å². The van der Waals surface area contributed by atoms with Crippen molar-refractivity contribution in [2.45, 2.75) is 45.4 Å². The Morgan fingerprint density at radius 1 is 1.00 bits per heavy atom. The van der Waals surface area contributed by atoms with Gasteiger partial charge in [-0.25, -0.2) is 0 Å². The number of ether oxygens (including phenoxy) is 1. The fraction of sp³-hybridized carbons (Fsp3) is 0.281. The Hall–Kier alpha value is -3.94. The van der Waals surface area contributed by atoms with Crippen LogP contribution in [0.15, 0.2) is 75.9 Å². The smallest absolute Gasteiger partial charge is 0.291 e. The molecule has 204 valence electrons. The Morgan fingerprint density at radius 2 is 1.80 bits per heavy atom. The molecule has 4 aromatic rings. The first kappa shape index (κ1) is 26.3. The summed E-state index contributed by atoms with van der Waals surface area (Å²) in [6.07, 6.45) is 0.504. The Labute approximate surface area is 236 Å². The predicted octanol–water partition coefficient (Wildman–Crippen LogP) is 5.82. The number of fused-ring (bicyclic) bond motifs is 5. The van der Waals surface area contributed by atoms with Crippen LogP contribution in [0.5, 0.6) is 0 Å². The minimum Gasteiger partial charge on any atom is -0.450 e. The van der Waals surface area contributed by atoms with Crippen molar-refractivity contribution in [3.05, 3.63) is 110 Å². The van der Waals surface area contributed by atoms with Gasteiger partial charge in [-0.05, 0) is 57.0 Å². The molecule has 3 aromatic carbocycles. The van der Waals surface area contributed by atoms with Crippen molar-refractivity contribution in [1.82, 2.24) is 4.90 Å². The highest BCUT2D eigenvalue weighted by Gasteiger charge is 2.64. The number of carbonyl (C=O) groups is 2. The summed E-state index contributed by atoms with van der Waals surface area (Å²) in [5, 5.41) is 0.589. The number of hydrogen-bond acceptors (Lipinski definition) is 5. The van der Waals surface area contributed by atoms with Gasteiger partial charge in [0, 0.05) is 23.7 Å². The summed E-state index contributed by atoms with van der Waals surface area (Å²) in [6, 6.07) is 20.0. The van der Waals surface area contributed by atoms with Gasteiger partial charge in [0.15, 0.2) is 11.0 Å². The van der Waals surface area contributed by atoms with E-state index in [0.717, 1.165) is 11.1 Å². The molecular formula is C32H29ClN2O5. The van der Waals surface area contributed by atoms with Crippen LogP contribution < -0.4 is 10.3 Å². The predicted molar refractivity (Wildman–Crippen MR) is 154 cm³/mol. The molecule has 0 radical (unpaired) electrons. The molecule has 6 rings (SSSR count). The molecule has 0 saturated heterocycles. The van der Waals surface area contributed by atoms with Crippen molar-refractivity contribution in [3.63, 3.8) is 0 Å². The molecule has 1 atom stereocenters. The van der Waals surface area contributed by atoms with E-state index >= 15 is 0 Å². The topological polar surface area (TPSA) is 80.1 Å². The summed E-state index contributed by atoms with van der Waals surface area (Å²) in [5.74, 6) is -0.958. The first-order chi connectivity index (χ1) is 19.2. The second kappa shape index (κ2) is 9.91. The van der Waals surface area contributed by atoms with Gasteiger partial charge in [-0.15, -0.1) is 0 Å². The molecule has 7 nitrogen and oxygen atoms in total. The quantitative estimate of drug-likeness (QED) is 0.268. The summed E-state index contributed by atoms with van der Waals surface area (Å²) in [7, 11) is 0. The molecule has 0 fully saturated rings. The summed E-state index contributed by atoms with van der Waals surface area (Å²) in [5.41, 5.74) is 1.44. The third-order valence-corrected chi connectivity index (χ3v) is 7.83. The summed E-state index contributed by atoms with van der Waals surface area (Å²) < 4.78 is 11.8. The van der Waals surface area contributed by atoms with Gasteiger partial charge in [-0.3, -0.25) is 14.4 Å². The number of rotatable bonds is 7. The van der Waals surface area contributed by atoms with E-state index in [1.165, 1.54) is 11.0 Å². The lowest BCUT2D eigenvalue weighted by Gasteiger charge is -2.34. The van der Waals surface area contributed by atoms with Gasteiger partial charge >= 0.3 is 0 Å². The standard InChI is InChI=1S/C32H29ClN2O5/c1-19(2)39-15-7-14-35-30(37)29-27(28(36)23-17-22(33)12-13-26(23)40-29)32(35)24-10-4-5-11-25(24)34(31(32)38)18-21-9-6-8-20(3)16-21/h4-6,8-13,16-17,19H,7,14-15,18H2,1-3H3. The number of benzene rings is 3. The SMILES string of the molecule is Cc1cccc(CN2C(=O)C3(c4ccccc42)c2c(oc4ccc(Cl)cc4c2=O)C(=O)N3CCCOC(C)C)c1. The molecular weight excluding hydrogens is 528 g/mol. The van der Waals surface area contributed by atoms with Gasteiger partial charge in [0.25, 0.3) is 11.8 Å². The number of amides is 2. The van der Waals surface area contributed by atoms with E-state index in [1.54, 1.807) is 17.0 Å². The van der Waals surface area contributed by atoms with Crippen LogP contribution in [-0.4, -0.2) is 36.0 Å². The Bertz CT molecular complexity index is 1730. The van der Waals surface area contributed by atoms with Crippen LogP contribution in [-0.2, 0) is 21.6 Å². The highest BCUT2D eigenvalue weighted by molar-refractivity contribution is 6.31. The van der Waals surface area contributed by atoms with Gasteiger partial charge < -0.3 is 19.0 Å². The van der Waals surface area contributed by atoms with E-state index in [-0.39, 0.29) is 47.4 Å². The molecule has 1 spiro atoms. The molecule has 0 N–H and O–H groups in total. The normalized spacial score (nSPS) is 17.9. The number of halogens is 1. The largest absolute Gasteiger partial charge is 0.450 e. The van der Waals surface area contributed by atoms with Crippen LogP contribution in [0.3, 0.4) is 0 Å². The molecule has 2 amide bonds. The zero-order chi connectivity index (χ0) is 28.2. The molecule has 0 aliphatic carbocycles. The molecule has 40 heavy (non-hydrogen) atoms. The number of anilines is 1. The lowest BCUT2D eigenvalue weighted by molar-refractivity contribution is -0.126. The van der Waals surface area contributed by atoms with E-state index in [4.69, 9.17) is 20.8 Å². The lowest BCUT2D eigenvalue weighted by atomic mass is 9.84. The van der Waals surface area contributed by atoms with Crippen molar-refractivity contribution in [2.75, 3.05) is 18.1 Å². The molecule has 2 aliphatic heterocycles. The highest BCUT2D eigenvalue weighted by Crippen LogP contribution is 2.53. The maximum absolute atomic E-state index is 14.8. The molecule has 3 heterocycles. The van der Waals surface area contributed by atoms with Crippen LogP contribution in [0, 0.1) is 6.92 Å². The van der Waals surface area contributed by atoms with Crippen molar-refractivity contribution >= 4 is 40.1 Å². The highest BCUT2D eigenvalue weighted by atomic mass is 35.5. The van der Waals surface area contributed by atoms with Crippen LogP contribution in [0.4, 0.5) is 5.69 Å². The minimum absolute atomic E-state index is 0.0254. The molecule has 8 heteroatoms. The van der Waals surface area contributed by atoms with Crippen molar-refractivity contribution in [1.29, 1.82) is 0 Å². The van der Waals surface area contributed by atoms with Gasteiger partial charge in [0.1, 0.15) is 5.58 Å². The second-order valence-corrected chi connectivity index (χ2v) is 11.1. The third-order valence-electron chi connectivity index (χ3n) is 7.60. The minimum atomic E-state index is -1.66. The maximum atomic E-state index is 14.8. The van der Waals surface area contributed by atoms with Crippen molar-refractivity contribution in [2.24, 2.45) is 0 Å². The van der Waals surface area contributed by atoms with E-state index in [1.807, 2.05) is 69.3 Å². The Kier molecular flexibility index (Phi) is 6.51.